The van der Waals surface area contributed by atoms with E-state index in [2.05, 4.69) is 67.7 Å². The maximum atomic E-state index is 12.1. The number of halogens is 1. The van der Waals surface area contributed by atoms with Crippen LogP contribution in [0.25, 0.3) is 0 Å². The Bertz CT molecular complexity index is 550. The van der Waals surface area contributed by atoms with E-state index >= 15 is 0 Å². The van der Waals surface area contributed by atoms with Crippen molar-refractivity contribution in [3.8, 4) is 0 Å². The molecule has 5 nitrogen and oxygen atoms in total. The Morgan fingerprint density at radius 3 is 2.75 bits per heavy atom. The fraction of sp³-hybridized carbons (Fsp3) is 0.611. The second kappa shape index (κ2) is 8.21. The van der Waals surface area contributed by atoms with Gasteiger partial charge in [0.05, 0.1) is 0 Å². The lowest BCUT2D eigenvalue weighted by Crippen LogP contribution is -2.50. The number of rotatable bonds is 4. The van der Waals surface area contributed by atoms with Gasteiger partial charge in [0, 0.05) is 42.4 Å². The maximum Gasteiger partial charge on any atom is 0.315 e. The molecular formula is C18H27BrN4O. The second-order valence-corrected chi connectivity index (χ2v) is 7.95. The van der Waals surface area contributed by atoms with Crippen LogP contribution >= 0.6 is 15.9 Å². The van der Waals surface area contributed by atoms with E-state index in [9.17, 15) is 4.79 Å². The zero-order valence-electron chi connectivity index (χ0n) is 14.3. The zero-order valence-corrected chi connectivity index (χ0v) is 15.9. The minimum atomic E-state index is -0.0163. The number of hydrogen-bond donors (Lipinski definition) is 2. The third kappa shape index (κ3) is 4.86. The molecule has 2 fully saturated rings. The predicted molar refractivity (Wildman–Crippen MR) is 102 cm³/mol. The van der Waals surface area contributed by atoms with E-state index < -0.39 is 0 Å². The van der Waals surface area contributed by atoms with Crippen molar-refractivity contribution >= 4 is 27.6 Å². The van der Waals surface area contributed by atoms with Crippen LogP contribution in [0.1, 0.15) is 19.3 Å². The van der Waals surface area contributed by atoms with Crippen LogP contribution in [-0.4, -0.2) is 56.7 Å². The third-order valence-corrected chi connectivity index (χ3v) is 5.52. The van der Waals surface area contributed by atoms with E-state index in [1.54, 1.807) is 0 Å². The van der Waals surface area contributed by atoms with Crippen molar-refractivity contribution in [3.05, 3.63) is 28.7 Å². The van der Waals surface area contributed by atoms with Gasteiger partial charge in [0.25, 0.3) is 0 Å². The molecule has 2 N–H and O–H groups in total. The van der Waals surface area contributed by atoms with Crippen LogP contribution < -0.4 is 15.5 Å². The summed E-state index contributed by atoms with van der Waals surface area (Å²) in [6, 6.07) is 8.72. The topological polar surface area (TPSA) is 47.6 Å². The van der Waals surface area contributed by atoms with E-state index in [4.69, 9.17) is 0 Å². The number of benzene rings is 1. The second-order valence-electron chi connectivity index (χ2n) is 7.03. The molecule has 2 heterocycles. The largest absolute Gasteiger partial charge is 0.371 e. The Kier molecular flexibility index (Phi) is 6.00. The molecule has 3 rings (SSSR count). The van der Waals surface area contributed by atoms with Gasteiger partial charge in [-0.1, -0.05) is 15.9 Å². The van der Waals surface area contributed by atoms with E-state index in [1.807, 2.05) is 0 Å². The van der Waals surface area contributed by atoms with Gasteiger partial charge in [-0.3, -0.25) is 0 Å². The molecule has 2 aliphatic rings. The van der Waals surface area contributed by atoms with Crippen LogP contribution in [0.2, 0.25) is 0 Å². The van der Waals surface area contributed by atoms with Gasteiger partial charge in [-0.15, -0.1) is 0 Å². The summed E-state index contributed by atoms with van der Waals surface area (Å²) < 4.78 is 1.11. The van der Waals surface area contributed by atoms with Gasteiger partial charge in [0.1, 0.15) is 0 Å². The summed E-state index contributed by atoms with van der Waals surface area (Å²) in [4.78, 5) is 16.8. The minimum absolute atomic E-state index is 0.0163. The molecule has 2 saturated heterocycles. The molecule has 0 aromatic heterocycles. The molecule has 1 aromatic rings. The first-order valence-corrected chi connectivity index (χ1v) is 9.63. The van der Waals surface area contributed by atoms with Crippen LogP contribution in [-0.2, 0) is 0 Å². The smallest absolute Gasteiger partial charge is 0.315 e. The molecule has 24 heavy (non-hydrogen) atoms. The molecule has 0 spiro atoms. The molecule has 0 unspecified atom stereocenters. The van der Waals surface area contributed by atoms with Gasteiger partial charge in [0.2, 0.25) is 0 Å². The van der Waals surface area contributed by atoms with Gasteiger partial charge in [-0.05, 0) is 63.0 Å². The number of likely N-dealkylation sites (tertiary alicyclic amines) is 1. The quantitative estimate of drug-likeness (QED) is 0.824. The van der Waals surface area contributed by atoms with E-state index in [0.29, 0.717) is 5.92 Å². The Labute approximate surface area is 152 Å². The first-order valence-electron chi connectivity index (χ1n) is 8.83. The van der Waals surface area contributed by atoms with Crippen LogP contribution in [0.3, 0.4) is 0 Å². The Balaban J connectivity index is 1.39. The summed E-state index contributed by atoms with van der Waals surface area (Å²) in [5, 5.41) is 6.18. The lowest BCUT2D eigenvalue weighted by molar-refractivity contribution is 0.208. The highest BCUT2D eigenvalue weighted by Crippen LogP contribution is 2.24. The number of carbonyl (C=O) groups is 1. The molecule has 1 aromatic carbocycles. The number of anilines is 1. The first-order chi connectivity index (χ1) is 11.6. The van der Waals surface area contributed by atoms with Crippen molar-refractivity contribution in [2.75, 3.05) is 44.7 Å². The van der Waals surface area contributed by atoms with Crippen molar-refractivity contribution in [1.29, 1.82) is 0 Å². The predicted octanol–water partition coefficient (Wildman–Crippen LogP) is 2.67. The van der Waals surface area contributed by atoms with Crippen molar-refractivity contribution in [1.82, 2.24) is 15.5 Å². The number of amides is 2. The van der Waals surface area contributed by atoms with Gasteiger partial charge >= 0.3 is 6.03 Å². The van der Waals surface area contributed by atoms with Crippen molar-refractivity contribution in [2.24, 2.45) is 5.92 Å². The van der Waals surface area contributed by atoms with Crippen molar-refractivity contribution in [3.63, 3.8) is 0 Å². The number of carbonyl (C=O) groups excluding carboxylic acids is 1. The molecule has 2 aliphatic heterocycles. The van der Waals surface area contributed by atoms with Crippen molar-refractivity contribution in [2.45, 2.75) is 25.3 Å². The number of likely N-dealkylation sites (N-methyl/N-ethyl adjacent to an activating group) is 1. The Morgan fingerprint density at radius 2 is 2.00 bits per heavy atom. The molecule has 6 heteroatoms. The van der Waals surface area contributed by atoms with Gasteiger partial charge < -0.3 is 20.4 Å². The van der Waals surface area contributed by atoms with Gasteiger partial charge in [-0.2, -0.15) is 0 Å². The monoisotopic (exact) mass is 394 g/mol. The highest BCUT2D eigenvalue weighted by atomic mass is 79.9. The van der Waals surface area contributed by atoms with Crippen LogP contribution in [0.5, 0.6) is 0 Å². The normalized spacial score (nSPS) is 24.8. The average Bonchev–Trinajstić information content (AvgIpc) is 3.03. The number of piperidine rings is 1. The molecule has 2 amide bonds. The number of nitrogens with one attached hydrogen (secondary N) is 2. The number of urea groups is 1. The number of hydrogen-bond acceptors (Lipinski definition) is 3. The Hall–Kier alpha value is -1.27. The summed E-state index contributed by atoms with van der Waals surface area (Å²) in [6.45, 7) is 4.90. The fourth-order valence-corrected chi connectivity index (χ4v) is 3.91. The van der Waals surface area contributed by atoms with Crippen molar-refractivity contribution < 1.29 is 4.79 Å². The Morgan fingerprint density at radius 1 is 1.21 bits per heavy atom. The zero-order chi connectivity index (χ0) is 16.9. The van der Waals surface area contributed by atoms with Crippen LogP contribution in [0.15, 0.2) is 28.7 Å². The summed E-state index contributed by atoms with van der Waals surface area (Å²) in [5.74, 6) is 0.522. The summed E-state index contributed by atoms with van der Waals surface area (Å²) in [7, 11) is 2.11. The summed E-state index contributed by atoms with van der Waals surface area (Å²) in [5.41, 5.74) is 1.26. The standard InChI is InChI=1S/C18H27BrN4O/c1-22-9-2-3-16(13-22)21-18(24)20-11-14-8-10-23(12-14)17-6-4-15(19)5-7-17/h4-7,14,16H,2-3,8-13H2,1H3,(H2,20,21,24)/t14-,16+/m1/s1. The van der Waals surface area contributed by atoms with E-state index in [0.717, 1.165) is 56.5 Å². The lowest BCUT2D eigenvalue weighted by atomic mass is 10.1. The molecule has 0 bridgehead atoms. The third-order valence-electron chi connectivity index (χ3n) is 4.99. The fourth-order valence-electron chi connectivity index (χ4n) is 3.64. The summed E-state index contributed by atoms with van der Waals surface area (Å²) >= 11 is 3.48. The average molecular weight is 395 g/mol. The molecule has 0 radical (unpaired) electrons. The molecule has 0 saturated carbocycles. The number of nitrogens with zero attached hydrogens (tertiary/aromatic N) is 2. The van der Waals surface area contributed by atoms with Gasteiger partial charge in [-0.25, -0.2) is 4.79 Å². The SMILES string of the molecule is CN1CCC[C@H](NC(=O)NC[C@H]2CCN(c3ccc(Br)cc3)C2)C1. The lowest BCUT2D eigenvalue weighted by Gasteiger charge is -2.30. The molecule has 0 aliphatic carbocycles. The van der Waals surface area contributed by atoms with E-state index in [1.165, 1.54) is 5.69 Å². The molecular weight excluding hydrogens is 368 g/mol. The van der Waals surface area contributed by atoms with E-state index in [-0.39, 0.29) is 12.1 Å². The van der Waals surface area contributed by atoms with Gasteiger partial charge in [0.15, 0.2) is 0 Å². The maximum absolute atomic E-state index is 12.1. The minimum Gasteiger partial charge on any atom is -0.371 e. The van der Waals surface area contributed by atoms with Crippen LogP contribution in [0, 0.1) is 5.92 Å². The summed E-state index contributed by atoms with van der Waals surface area (Å²) in [6.07, 6.45) is 3.37. The highest BCUT2D eigenvalue weighted by Gasteiger charge is 2.24. The molecule has 132 valence electrons. The first kappa shape index (κ1) is 17.5. The van der Waals surface area contributed by atoms with Crippen LogP contribution in [0.4, 0.5) is 10.5 Å². The highest BCUT2D eigenvalue weighted by molar-refractivity contribution is 9.10. The molecule has 2 atom stereocenters.